The van der Waals surface area contributed by atoms with Gasteiger partial charge in [0.1, 0.15) is 11.6 Å². The average molecular weight is 369 g/mol. The Kier molecular flexibility index (Phi) is 6.15. The molecule has 0 saturated heterocycles. The molecule has 1 aliphatic rings. The van der Waals surface area contributed by atoms with Gasteiger partial charge in [0.05, 0.1) is 12.2 Å². The third-order valence-corrected chi connectivity index (χ3v) is 5.69. The second-order valence-corrected chi connectivity index (χ2v) is 7.59. The lowest BCUT2D eigenvalue weighted by molar-refractivity contribution is 0.0929. The molecule has 3 rings (SSSR count). The van der Waals surface area contributed by atoms with Gasteiger partial charge in [0.15, 0.2) is 0 Å². The Morgan fingerprint density at radius 1 is 1.19 bits per heavy atom. The molecule has 0 unspecified atom stereocenters. The fourth-order valence-corrected chi connectivity index (χ4v) is 3.98. The molecule has 2 aromatic rings. The summed E-state index contributed by atoms with van der Waals surface area (Å²) in [6, 6.07) is 14.1. The average Bonchev–Trinajstić information content (AvgIpc) is 2.68. The number of carbonyl (C=O) groups excluding carboxylic acids is 1. The van der Waals surface area contributed by atoms with Gasteiger partial charge in [-0.3, -0.25) is 4.79 Å². The second-order valence-electron chi connectivity index (χ2n) is 7.59. The maximum absolute atomic E-state index is 13.9. The Hall–Kier alpha value is -2.36. The van der Waals surface area contributed by atoms with Gasteiger partial charge in [-0.2, -0.15) is 0 Å². The van der Waals surface area contributed by atoms with Crippen LogP contribution in [-0.4, -0.2) is 19.1 Å². The Balaban J connectivity index is 1.80. The largest absolute Gasteiger partial charge is 0.493 e. The molecule has 1 aliphatic carbocycles. The quantitative estimate of drug-likeness (QED) is 0.769. The molecule has 0 bridgehead atoms. The van der Waals surface area contributed by atoms with E-state index in [-0.39, 0.29) is 17.1 Å². The van der Waals surface area contributed by atoms with Crippen LogP contribution in [0, 0.1) is 11.7 Å². The highest BCUT2D eigenvalue weighted by Crippen LogP contribution is 2.41. The smallest absolute Gasteiger partial charge is 0.255 e. The molecule has 1 saturated carbocycles. The number of nitrogens with one attached hydrogen (secondary N) is 1. The van der Waals surface area contributed by atoms with Crippen molar-refractivity contribution in [3.63, 3.8) is 0 Å². The van der Waals surface area contributed by atoms with Crippen molar-refractivity contribution in [3.8, 4) is 5.75 Å². The standard InChI is InChI=1S/C23H28FNO2/c1-3-27-21-10-5-4-9-20(21)22(26)25-16-23(13-11-17(2)12-14-23)18-7-6-8-19(24)15-18/h4-10,15,17H,3,11-14,16H2,1-2H3,(H,25,26). The molecule has 0 aromatic heterocycles. The van der Waals surface area contributed by atoms with Crippen molar-refractivity contribution in [1.29, 1.82) is 0 Å². The fraction of sp³-hybridized carbons (Fsp3) is 0.435. The number of halogens is 1. The first-order valence-electron chi connectivity index (χ1n) is 9.80. The second kappa shape index (κ2) is 8.55. The van der Waals surface area contributed by atoms with E-state index >= 15 is 0 Å². The minimum Gasteiger partial charge on any atom is -0.493 e. The van der Waals surface area contributed by atoms with Crippen LogP contribution in [0.2, 0.25) is 0 Å². The zero-order valence-corrected chi connectivity index (χ0v) is 16.1. The number of carbonyl (C=O) groups is 1. The summed E-state index contributed by atoms with van der Waals surface area (Å²) in [5.74, 6) is 0.891. The van der Waals surface area contributed by atoms with Gasteiger partial charge < -0.3 is 10.1 Å². The summed E-state index contributed by atoms with van der Waals surface area (Å²) < 4.78 is 19.4. The van der Waals surface area contributed by atoms with Crippen LogP contribution in [-0.2, 0) is 5.41 Å². The minimum absolute atomic E-state index is 0.145. The molecule has 1 N–H and O–H groups in total. The van der Waals surface area contributed by atoms with Crippen LogP contribution in [0.25, 0.3) is 0 Å². The molecule has 3 nitrogen and oxygen atoms in total. The molecule has 27 heavy (non-hydrogen) atoms. The van der Waals surface area contributed by atoms with Crippen molar-refractivity contribution < 1.29 is 13.9 Å². The first-order chi connectivity index (χ1) is 13.0. The van der Waals surface area contributed by atoms with Crippen LogP contribution in [0.15, 0.2) is 48.5 Å². The monoisotopic (exact) mass is 369 g/mol. The summed E-state index contributed by atoms with van der Waals surface area (Å²) >= 11 is 0. The lowest BCUT2D eigenvalue weighted by Crippen LogP contribution is -2.43. The molecular weight excluding hydrogens is 341 g/mol. The molecule has 0 spiro atoms. The number of rotatable bonds is 6. The molecule has 1 amide bonds. The van der Waals surface area contributed by atoms with Gasteiger partial charge in [0.2, 0.25) is 0 Å². The van der Waals surface area contributed by atoms with Crippen LogP contribution in [0.4, 0.5) is 4.39 Å². The van der Waals surface area contributed by atoms with Gasteiger partial charge in [-0.05, 0) is 68.4 Å². The maximum atomic E-state index is 13.9. The van der Waals surface area contributed by atoms with Crippen LogP contribution in [0.3, 0.4) is 0 Å². The molecule has 144 valence electrons. The Bertz CT molecular complexity index is 781. The SMILES string of the molecule is CCOc1ccccc1C(=O)NCC1(c2cccc(F)c2)CCC(C)CC1. The first kappa shape index (κ1) is 19.4. The van der Waals surface area contributed by atoms with Crippen molar-refractivity contribution in [2.45, 2.75) is 44.9 Å². The number of hydrogen-bond donors (Lipinski definition) is 1. The Labute approximate surface area is 160 Å². The summed E-state index contributed by atoms with van der Waals surface area (Å²) in [6.45, 7) is 5.17. The first-order valence-corrected chi connectivity index (χ1v) is 9.80. The molecule has 0 heterocycles. The van der Waals surface area contributed by atoms with Crippen LogP contribution in [0.5, 0.6) is 5.75 Å². The van der Waals surface area contributed by atoms with Gasteiger partial charge in [-0.15, -0.1) is 0 Å². The third-order valence-electron chi connectivity index (χ3n) is 5.69. The maximum Gasteiger partial charge on any atom is 0.255 e. The lowest BCUT2D eigenvalue weighted by atomic mass is 9.67. The molecule has 4 heteroatoms. The Morgan fingerprint density at radius 3 is 2.63 bits per heavy atom. The molecule has 0 radical (unpaired) electrons. The zero-order valence-electron chi connectivity index (χ0n) is 16.1. The van der Waals surface area contributed by atoms with E-state index in [4.69, 9.17) is 4.74 Å². The molecule has 1 fully saturated rings. The predicted molar refractivity (Wildman–Crippen MR) is 106 cm³/mol. The highest BCUT2D eigenvalue weighted by molar-refractivity contribution is 5.97. The van der Waals surface area contributed by atoms with E-state index in [9.17, 15) is 9.18 Å². The normalized spacial score (nSPS) is 22.3. The minimum atomic E-state index is -0.224. The van der Waals surface area contributed by atoms with Gasteiger partial charge in [0.25, 0.3) is 5.91 Å². The van der Waals surface area contributed by atoms with Gasteiger partial charge >= 0.3 is 0 Å². The van der Waals surface area contributed by atoms with Crippen molar-refractivity contribution in [3.05, 3.63) is 65.5 Å². The van der Waals surface area contributed by atoms with Crippen molar-refractivity contribution in [2.75, 3.05) is 13.2 Å². The Morgan fingerprint density at radius 2 is 1.93 bits per heavy atom. The van der Waals surface area contributed by atoms with E-state index in [0.717, 1.165) is 31.2 Å². The van der Waals surface area contributed by atoms with Crippen molar-refractivity contribution in [2.24, 2.45) is 5.92 Å². The lowest BCUT2D eigenvalue weighted by Gasteiger charge is -2.40. The molecule has 0 atom stereocenters. The van der Waals surface area contributed by atoms with E-state index < -0.39 is 0 Å². The van der Waals surface area contributed by atoms with Gasteiger partial charge in [0, 0.05) is 12.0 Å². The predicted octanol–water partition coefficient (Wildman–Crippen LogP) is 5.10. The van der Waals surface area contributed by atoms with Crippen LogP contribution < -0.4 is 10.1 Å². The zero-order chi connectivity index (χ0) is 19.3. The summed E-state index contributed by atoms with van der Waals surface area (Å²) in [5.41, 5.74) is 1.30. The van der Waals surface area contributed by atoms with Gasteiger partial charge in [-0.25, -0.2) is 4.39 Å². The number of benzene rings is 2. The molecular formula is C23H28FNO2. The van der Waals surface area contributed by atoms with E-state index in [1.54, 1.807) is 18.2 Å². The van der Waals surface area contributed by atoms with E-state index in [0.29, 0.717) is 30.4 Å². The van der Waals surface area contributed by atoms with Crippen molar-refractivity contribution >= 4 is 5.91 Å². The van der Waals surface area contributed by atoms with Crippen LogP contribution >= 0.6 is 0 Å². The summed E-state index contributed by atoms with van der Waals surface area (Å²) in [6.07, 6.45) is 4.07. The summed E-state index contributed by atoms with van der Waals surface area (Å²) in [5, 5.41) is 3.10. The fourth-order valence-electron chi connectivity index (χ4n) is 3.98. The number of amides is 1. The molecule has 2 aromatic carbocycles. The highest BCUT2D eigenvalue weighted by Gasteiger charge is 2.36. The van der Waals surface area contributed by atoms with Gasteiger partial charge in [-0.1, -0.05) is 31.2 Å². The summed E-state index contributed by atoms with van der Waals surface area (Å²) in [7, 11) is 0. The number of ether oxygens (including phenoxy) is 1. The van der Waals surface area contributed by atoms with E-state index in [1.165, 1.54) is 6.07 Å². The number of para-hydroxylation sites is 1. The summed E-state index contributed by atoms with van der Waals surface area (Å²) in [4.78, 5) is 12.8. The third kappa shape index (κ3) is 4.49. The van der Waals surface area contributed by atoms with Crippen LogP contribution in [0.1, 0.15) is 55.5 Å². The van der Waals surface area contributed by atoms with E-state index in [1.807, 2.05) is 31.2 Å². The molecule has 0 aliphatic heterocycles. The number of hydrogen-bond acceptors (Lipinski definition) is 2. The van der Waals surface area contributed by atoms with Crippen molar-refractivity contribution in [1.82, 2.24) is 5.32 Å². The highest BCUT2D eigenvalue weighted by atomic mass is 19.1. The van der Waals surface area contributed by atoms with E-state index in [2.05, 4.69) is 12.2 Å². The topological polar surface area (TPSA) is 38.3 Å².